The zero-order chi connectivity index (χ0) is 20.0. The fourth-order valence-corrected chi connectivity index (χ4v) is 4.39. The van der Waals surface area contributed by atoms with Gasteiger partial charge in [0.2, 0.25) is 10.0 Å². The van der Waals surface area contributed by atoms with E-state index in [1.54, 1.807) is 50.4 Å². The van der Waals surface area contributed by atoms with Crippen LogP contribution in [-0.4, -0.2) is 43.9 Å². The largest absolute Gasteiger partial charge is 0.497 e. The van der Waals surface area contributed by atoms with Crippen LogP contribution in [0.1, 0.15) is 19.5 Å². The first-order valence-electron chi connectivity index (χ1n) is 8.45. The van der Waals surface area contributed by atoms with Gasteiger partial charge in [-0.05, 0) is 42.3 Å². The maximum Gasteiger partial charge on any atom is 0.324 e. The van der Waals surface area contributed by atoms with Gasteiger partial charge in [-0.1, -0.05) is 19.9 Å². The van der Waals surface area contributed by atoms with Crippen molar-refractivity contribution in [2.75, 3.05) is 14.2 Å². The zero-order valence-electron chi connectivity index (χ0n) is 15.8. The van der Waals surface area contributed by atoms with Gasteiger partial charge in [-0.15, -0.1) is 0 Å². The molecular formula is C19H24N2O5S. The minimum Gasteiger partial charge on any atom is -0.497 e. The molecule has 1 heterocycles. The molecule has 0 amide bonds. The summed E-state index contributed by atoms with van der Waals surface area (Å²) >= 11 is 0. The Morgan fingerprint density at radius 3 is 2.26 bits per heavy atom. The van der Waals surface area contributed by atoms with Crippen LogP contribution in [0.4, 0.5) is 0 Å². The van der Waals surface area contributed by atoms with E-state index in [0.29, 0.717) is 11.4 Å². The molecule has 2 rings (SSSR count). The molecule has 0 aliphatic heterocycles. The zero-order valence-corrected chi connectivity index (χ0v) is 16.6. The third kappa shape index (κ3) is 4.84. The van der Waals surface area contributed by atoms with Gasteiger partial charge in [-0.3, -0.25) is 9.78 Å². The number of ether oxygens (including phenoxy) is 2. The highest BCUT2D eigenvalue weighted by Crippen LogP contribution is 2.26. The molecule has 146 valence electrons. The summed E-state index contributed by atoms with van der Waals surface area (Å²) in [6, 6.07) is 10.3. The Bertz CT molecular complexity index is 851. The summed E-state index contributed by atoms with van der Waals surface area (Å²) in [5.41, 5.74) is 0.532. The lowest BCUT2D eigenvalue weighted by atomic mass is 10.0. The van der Waals surface area contributed by atoms with E-state index < -0.39 is 22.0 Å². The van der Waals surface area contributed by atoms with Crippen LogP contribution in [-0.2, 0) is 26.1 Å². The second-order valence-electron chi connectivity index (χ2n) is 6.26. The van der Waals surface area contributed by atoms with E-state index in [-0.39, 0.29) is 17.4 Å². The molecule has 0 saturated carbocycles. The monoisotopic (exact) mass is 392 g/mol. The quantitative estimate of drug-likeness (QED) is 0.642. The molecule has 0 radical (unpaired) electrons. The summed E-state index contributed by atoms with van der Waals surface area (Å²) < 4.78 is 37.8. The number of benzene rings is 1. The van der Waals surface area contributed by atoms with E-state index in [9.17, 15) is 13.2 Å². The molecule has 0 spiro atoms. The number of methoxy groups -OCH3 is 2. The van der Waals surface area contributed by atoms with Crippen LogP contribution in [0, 0.1) is 5.92 Å². The van der Waals surface area contributed by atoms with E-state index in [1.165, 1.54) is 26.4 Å². The number of carbonyl (C=O) groups excluding carboxylic acids is 1. The van der Waals surface area contributed by atoms with Crippen molar-refractivity contribution < 1.29 is 22.7 Å². The first-order chi connectivity index (χ1) is 12.8. The van der Waals surface area contributed by atoms with Crippen molar-refractivity contribution in [2.45, 2.75) is 31.3 Å². The van der Waals surface area contributed by atoms with Crippen LogP contribution in [0.3, 0.4) is 0 Å². The van der Waals surface area contributed by atoms with Gasteiger partial charge >= 0.3 is 5.97 Å². The van der Waals surface area contributed by atoms with E-state index in [0.717, 1.165) is 4.31 Å². The molecule has 27 heavy (non-hydrogen) atoms. The van der Waals surface area contributed by atoms with Gasteiger partial charge in [0.25, 0.3) is 0 Å². The summed E-state index contributed by atoms with van der Waals surface area (Å²) in [7, 11) is -1.24. The minimum absolute atomic E-state index is 0.0485. The van der Waals surface area contributed by atoms with Gasteiger partial charge in [0.15, 0.2) is 0 Å². The predicted octanol–water partition coefficient (Wildman–Crippen LogP) is 2.48. The van der Waals surface area contributed by atoms with Gasteiger partial charge in [0, 0.05) is 6.20 Å². The van der Waals surface area contributed by atoms with Crippen molar-refractivity contribution in [3.8, 4) is 5.75 Å². The number of pyridine rings is 1. The fourth-order valence-electron chi connectivity index (χ4n) is 2.71. The number of hydrogen-bond donors (Lipinski definition) is 0. The Hall–Kier alpha value is -2.45. The van der Waals surface area contributed by atoms with E-state index in [4.69, 9.17) is 9.47 Å². The highest BCUT2D eigenvalue weighted by molar-refractivity contribution is 7.89. The number of aromatic nitrogens is 1. The van der Waals surface area contributed by atoms with Crippen LogP contribution in [0.5, 0.6) is 5.75 Å². The Morgan fingerprint density at radius 2 is 1.78 bits per heavy atom. The van der Waals surface area contributed by atoms with Crippen LogP contribution >= 0.6 is 0 Å². The van der Waals surface area contributed by atoms with Crippen molar-refractivity contribution in [3.05, 3.63) is 54.4 Å². The van der Waals surface area contributed by atoms with Crippen molar-refractivity contribution in [2.24, 2.45) is 5.92 Å². The van der Waals surface area contributed by atoms with Crippen molar-refractivity contribution in [1.29, 1.82) is 0 Å². The number of carbonyl (C=O) groups is 1. The average molecular weight is 392 g/mol. The molecule has 8 heteroatoms. The predicted molar refractivity (Wildman–Crippen MR) is 101 cm³/mol. The van der Waals surface area contributed by atoms with Gasteiger partial charge < -0.3 is 9.47 Å². The van der Waals surface area contributed by atoms with Crippen molar-refractivity contribution in [3.63, 3.8) is 0 Å². The topological polar surface area (TPSA) is 85.8 Å². The van der Waals surface area contributed by atoms with Crippen LogP contribution in [0.25, 0.3) is 0 Å². The highest BCUT2D eigenvalue weighted by Gasteiger charge is 2.39. The summed E-state index contributed by atoms with van der Waals surface area (Å²) in [6.45, 7) is 3.50. The van der Waals surface area contributed by atoms with E-state index in [1.807, 2.05) is 0 Å². The summed E-state index contributed by atoms with van der Waals surface area (Å²) in [6.07, 6.45) is 1.58. The Kier molecular flexibility index (Phi) is 6.92. The second-order valence-corrected chi connectivity index (χ2v) is 8.15. The fraction of sp³-hybridized carbons (Fsp3) is 0.368. The molecule has 0 aliphatic carbocycles. The highest BCUT2D eigenvalue weighted by atomic mass is 32.2. The third-order valence-corrected chi connectivity index (χ3v) is 5.94. The maximum absolute atomic E-state index is 13.4. The smallest absolute Gasteiger partial charge is 0.324 e. The van der Waals surface area contributed by atoms with Crippen LogP contribution in [0.2, 0.25) is 0 Å². The molecule has 0 aliphatic rings. The molecule has 0 N–H and O–H groups in total. The molecule has 0 saturated heterocycles. The normalized spacial score (nSPS) is 12.8. The average Bonchev–Trinajstić information content (AvgIpc) is 2.67. The molecular weight excluding hydrogens is 368 g/mol. The Labute approximate surface area is 160 Å². The number of esters is 1. The lowest BCUT2D eigenvalue weighted by molar-refractivity contribution is -0.146. The standard InChI is InChI=1S/C19H24N2O5S/c1-14(2)18(19(22)26-4)21(13-15-7-5-6-12-20-15)27(23,24)17-10-8-16(25-3)9-11-17/h5-12,14,18H,13H2,1-4H3/t18-/m1/s1. The first kappa shape index (κ1) is 20.9. The first-order valence-corrected chi connectivity index (χ1v) is 9.89. The lowest BCUT2D eigenvalue weighted by Crippen LogP contribution is -2.48. The molecule has 0 unspecified atom stereocenters. The minimum atomic E-state index is -3.99. The molecule has 0 bridgehead atoms. The molecule has 1 aromatic carbocycles. The van der Waals surface area contributed by atoms with Crippen LogP contribution in [0.15, 0.2) is 53.6 Å². The van der Waals surface area contributed by atoms with Crippen molar-refractivity contribution in [1.82, 2.24) is 9.29 Å². The molecule has 2 aromatic rings. The molecule has 1 atom stereocenters. The maximum atomic E-state index is 13.4. The Morgan fingerprint density at radius 1 is 1.11 bits per heavy atom. The number of sulfonamides is 1. The Balaban J connectivity index is 2.53. The summed E-state index contributed by atoms with van der Waals surface area (Å²) in [5, 5.41) is 0. The van der Waals surface area contributed by atoms with Gasteiger partial charge in [0.05, 0.1) is 31.4 Å². The van der Waals surface area contributed by atoms with E-state index in [2.05, 4.69) is 4.98 Å². The third-order valence-electron chi connectivity index (χ3n) is 4.09. The van der Waals surface area contributed by atoms with Gasteiger partial charge in [-0.25, -0.2) is 8.42 Å². The molecule has 7 nitrogen and oxygen atoms in total. The second kappa shape index (κ2) is 8.96. The van der Waals surface area contributed by atoms with Crippen molar-refractivity contribution >= 4 is 16.0 Å². The number of nitrogens with zero attached hydrogens (tertiary/aromatic N) is 2. The summed E-state index contributed by atoms with van der Waals surface area (Å²) in [5.74, 6) is -0.370. The van der Waals surface area contributed by atoms with E-state index >= 15 is 0 Å². The van der Waals surface area contributed by atoms with Crippen LogP contribution < -0.4 is 4.74 Å². The number of hydrogen-bond acceptors (Lipinski definition) is 6. The lowest BCUT2D eigenvalue weighted by Gasteiger charge is -2.31. The van der Waals surface area contributed by atoms with Gasteiger partial charge in [-0.2, -0.15) is 4.31 Å². The van der Waals surface area contributed by atoms with Gasteiger partial charge in [0.1, 0.15) is 11.8 Å². The molecule has 0 fully saturated rings. The molecule has 1 aromatic heterocycles. The summed E-state index contributed by atoms with van der Waals surface area (Å²) in [4.78, 5) is 16.7. The number of rotatable bonds is 8. The SMILES string of the molecule is COC(=O)[C@@H](C(C)C)N(Cc1ccccn1)S(=O)(=O)c1ccc(OC)cc1.